The molecule has 1 fully saturated rings. The van der Waals surface area contributed by atoms with Crippen LogP contribution in [0.4, 0.5) is 10.6 Å². The van der Waals surface area contributed by atoms with Crippen molar-refractivity contribution in [1.29, 1.82) is 0 Å². The molecule has 1 saturated carbocycles. The number of H-pyrrole nitrogens is 1. The molecule has 3 N–H and O–H groups in total. The first-order valence-electron chi connectivity index (χ1n) is 6.69. The van der Waals surface area contributed by atoms with Gasteiger partial charge < -0.3 is 10.5 Å². The number of nitrogens with one attached hydrogen (secondary N) is 1. The molecule has 2 heterocycles. The first-order chi connectivity index (χ1) is 8.87. The van der Waals surface area contributed by atoms with Gasteiger partial charge in [-0.15, -0.1) is 0 Å². The molecular formula is C13H20N4O2. The molecule has 2 aliphatic rings. The van der Waals surface area contributed by atoms with Crippen LogP contribution in [0, 0.1) is 5.92 Å². The lowest BCUT2D eigenvalue weighted by molar-refractivity contribution is 0.0147. The number of aromatic nitrogens is 2. The van der Waals surface area contributed by atoms with E-state index in [1.165, 1.54) is 0 Å². The fourth-order valence-corrected chi connectivity index (χ4v) is 2.63. The second kappa shape index (κ2) is 3.88. The number of ether oxygens (including phenoxy) is 1. The van der Waals surface area contributed by atoms with E-state index in [0.29, 0.717) is 18.3 Å². The third-order valence-corrected chi connectivity index (χ3v) is 3.59. The first-order valence-corrected chi connectivity index (χ1v) is 6.69. The molecule has 3 rings (SSSR count). The molecule has 104 valence electrons. The molecule has 6 heteroatoms. The largest absolute Gasteiger partial charge is 0.444 e. The van der Waals surface area contributed by atoms with Crippen LogP contribution in [0.1, 0.15) is 50.9 Å². The van der Waals surface area contributed by atoms with Gasteiger partial charge in [-0.25, -0.2) is 4.79 Å². The Hall–Kier alpha value is -1.72. The van der Waals surface area contributed by atoms with E-state index >= 15 is 0 Å². The molecule has 1 amide bonds. The van der Waals surface area contributed by atoms with Crippen molar-refractivity contribution in [3.63, 3.8) is 0 Å². The van der Waals surface area contributed by atoms with Crippen LogP contribution in [0.2, 0.25) is 0 Å². The number of rotatable bonds is 1. The molecule has 1 aromatic heterocycles. The molecule has 0 aromatic carbocycles. The molecule has 0 bridgehead atoms. The Labute approximate surface area is 112 Å². The van der Waals surface area contributed by atoms with Crippen molar-refractivity contribution in [1.82, 2.24) is 15.1 Å². The Bertz CT molecular complexity index is 513. The Morgan fingerprint density at radius 3 is 2.74 bits per heavy atom. The summed E-state index contributed by atoms with van der Waals surface area (Å²) < 4.78 is 5.48. The number of carbonyl (C=O) groups excluding carboxylic acids is 1. The minimum absolute atomic E-state index is 0.0506. The zero-order valence-electron chi connectivity index (χ0n) is 11.6. The van der Waals surface area contributed by atoms with Crippen LogP contribution in [-0.2, 0) is 11.3 Å². The number of carbonyl (C=O) groups is 1. The highest BCUT2D eigenvalue weighted by atomic mass is 16.6. The summed E-state index contributed by atoms with van der Waals surface area (Å²) in [4.78, 5) is 14.1. The van der Waals surface area contributed by atoms with E-state index in [4.69, 9.17) is 10.5 Å². The summed E-state index contributed by atoms with van der Waals surface area (Å²) in [6, 6.07) is 0.0506. The number of nitrogen functional groups attached to an aromatic ring is 1. The maximum Gasteiger partial charge on any atom is 0.411 e. The highest BCUT2D eigenvalue weighted by Crippen LogP contribution is 2.49. The number of fused-ring (bicyclic) bond motifs is 1. The summed E-state index contributed by atoms with van der Waals surface area (Å²) in [5.74, 6) is 1.00. The third-order valence-electron chi connectivity index (χ3n) is 3.59. The van der Waals surface area contributed by atoms with E-state index in [1.54, 1.807) is 4.90 Å². The number of hydrogen-bond acceptors (Lipinski definition) is 4. The minimum Gasteiger partial charge on any atom is -0.444 e. The van der Waals surface area contributed by atoms with Crippen LogP contribution in [0.25, 0.3) is 0 Å². The number of hydrogen-bond donors (Lipinski definition) is 2. The van der Waals surface area contributed by atoms with E-state index in [2.05, 4.69) is 10.2 Å². The lowest BCUT2D eigenvalue weighted by atomic mass is 10.1. The molecule has 1 atom stereocenters. The monoisotopic (exact) mass is 264 g/mol. The second-order valence-electron chi connectivity index (χ2n) is 6.39. The summed E-state index contributed by atoms with van der Waals surface area (Å²) in [6.45, 7) is 6.13. The Morgan fingerprint density at radius 2 is 2.16 bits per heavy atom. The van der Waals surface area contributed by atoms with Crippen LogP contribution in [0.15, 0.2) is 0 Å². The topological polar surface area (TPSA) is 84.2 Å². The Morgan fingerprint density at radius 1 is 1.47 bits per heavy atom. The smallest absolute Gasteiger partial charge is 0.411 e. The van der Waals surface area contributed by atoms with Gasteiger partial charge in [-0.2, -0.15) is 5.10 Å². The van der Waals surface area contributed by atoms with Gasteiger partial charge in [-0.3, -0.25) is 10.00 Å². The van der Waals surface area contributed by atoms with Gasteiger partial charge >= 0.3 is 6.09 Å². The fraction of sp³-hybridized carbons (Fsp3) is 0.692. The van der Waals surface area contributed by atoms with Gasteiger partial charge in [0.25, 0.3) is 0 Å². The summed E-state index contributed by atoms with van der Waals surface area (Å²) in [5, 5.41) is 7.02. The number of aromatic amines is 1. The Kier molecular flexibility index (Phi) is 2.52. The van der Waals surface area contributed by atoms with E-state index in [1.807, 2.05) is 20.8 Å². The van der Waals surface area contributed by atoms with E-state index in [-0.39, 0.29) is 12.1 Å². The predicted octanol–water partition coefficient (Wildman–Crippen LogP) is 2.19. The normalized spacial score (nSPS) is 22.5. The Balaban J connectivity index is 1.85. The van der Waals surface area contributed by atoms with E-state index < -0.39 is 5.60 Å². The molecule has 1 aliphatic carbocycles. The molecule has 0 saturated heterocycles. The standard InChI is InChI=1S/C13H20N4O2/c1-13(2,3)19-12(18)17-6-8-9(15-16-11(8)14)10(17)7-4-5-7/h7,10H,4-6H2,1-3H3,(H3,14,15,16). The van der Waals surface area contributed by atoms with Crippen LogP contribution < -0.4 is 5.73 Å². The van der Waals surface area contributed by atoms with Gasteiger partial charge in [0, 0.05) is 5.56 Å². The van der Waals surface area contributed by atoms with Crippen molar-refractivity contribution in [2.45, 2.75) is 51.8 Å². The first kappa shape index (κ1) is 12.3. The number of nitrogens with two attached hydrogens (primary N) is 1. The average Bonchev–Trinajstić information content (AvgIpc) is 2.94. The third kappa shape index (κ3) is 2.15. The van der Waals surface area contributed by atoms with Gasteiger partial charge in [0.15, 0.2) is 5.82 Å². The molecule has 19 heavy (non-hydrogen) atoms. The molecule has 0 spiro atoms. The summed E-state index contributed by atoms with van der Waals surface area (Å²) in [7, 11) is 0. The molecular weight excluding hydrogens is 244 g/mol. The van der Waals surface area contributed by atoms with E-state index in [9.17, 15) is 4.79 Å². The maximum absolute atomic E-state index is 12.3. The van der Waals surface area contributed by atoms with Crippen LogP contribution >= 0.6 is 0 Å². The average molecular weight is 264 g/mol. The SMILES string of the molecule is CC(C)(C)OC(=O)N1Cc2c(N)n[nH]c2C1C1CC1. The number of nitrogens with zero attached hydrogens (tertiary/aromatic N) is 2. The zero-order chi connectivity index (χ0) is 13.8. The zero-order valence-corrected chi connectivity index (χ0v) is 11.6. The quantitative estimate of drug-likeness (QED) is 0.814. The van der Waals surface area contributed by atoms with Gasteiger partial charge in [-0.1, -0.05) is 0 Å². The summed E-state index contributed by atoms with van der Waals surface area (Å²) in [6.07, 6.45) is 2.01. The van der Waals surface area contributed by atoms with Crippen molar-refractivity contribution >= 4 is 11.9 Å². The van der Waals surface area contributed by atoms with Crippen LogP contribution in [-0.4, -0.2) is 26.8 Å². The van der Waals surface area contributed by atoms with Crippen molar-refractivity contribution in [3.05, 3.63) is 11.3 Å². The fourth-order valence-electron chi connectivity index (χ4n) is 2.63. The number of amides is 1. The molecule has 6 nitrogen and oxygen atoms in total. The van der Waals surface area contributed by atoms with Crippen LogP contribution in [0.5, 0.6) is 0 Å². The molecule has 1 unspecified atom stereocenters. The van der Waals surface area contributed by atoms with Crippen molar-refractivity contribution < 1.29 is 9.53 Å². The number of anilines is 1. The second-order valence-corrected chi connectivity index (χ2v) is 6.39. The predicted molar refractivity (Wildman–Crippen MR) is 70.2 cm³/mol. The lowest BCUT2D eigenvalue weighted by Crippen LogP contribution is -2.36. The van der Waals surface area contributed by atoms with Crippen molar-refractivity contribution in [2.24, 2.45) is 5.92 Å². The maximum atomic E-state index is 12.3. The van der Waals surface area contributed by atoms with Crippen molar-refractivity contribution in [3.8, 4) is 0 Å². The molecule has 1 aromatic rings. The summed E-state index contributed by atoms with van der Waals surface area (Å²) >= 11 is 0. The van der Waals surface area contributed by atoms with Gasteiger partial charge in [-0.05, 0) is 39.5 Å². The van der Waals surface area contributed by atoms with E-state index in [0.717, 1.165) is 24.1 Å². The van der Waals surface area contributed by atoms with Crippen LogP contribution in [0.3, 0.4) is 0 Å². The minimum atomic E-state index is -0.481. The van der Waals surface area contributed by atoms with Gasteiger partial charge in [0.2, 0.25) is 0 Å². The van der Waals surface area contributed by atoms with Gasteiger partial charge in [0.05, 0.1) is 18.3 Å². The van der Waals surface area contributed by atoms with Crippen molar-refractivity contribution in [2.75, 3.05) is 5.73 Å². The molecule has 1 aliphatic heterocycles. The van der Waals surface area contributed by atoms with Gasteiger partial charge in [0.1, 0.15) is 5.60 Å². The lowest BCUT2D eigenvalue weighted by Gasteiger charge is -2.28. The highest BCUT2D eigenvalue weighted by molar-refractivity contribution is 5.71. The summed E-state index contributed by atoms with van der Waals surface area (Å²) in [5.41, 5.74) is 7.30. The highest BCUT2D eigenvalue weighted by Gasteiger charge is 2.46. The molecule has 0 radical (unpaired) electrons.